The van der Waals surface area contributed by atoms with Crippen molar-refractivity contribution in [1.29, 1.82) is 0 Å². The fourth-order valence-corrected chi connectivity index (χ4v) is 3.01. The number of thioether (sulfide) groups is 1. The number of benzene rings is 1. The Balaban J connectivity index is 1.84. The van der Waals surface area contributed by atoms with Gasteiger partial charge < -0.3 is 20.2 Å². The quantitative estimate of drug-likeness (QED) is 0.284. The minimum Gasteiger partial charge on any atom is -0.463 e. The maximum Gasteiger partial charge on any atom is 0.191 e. The van der Waals surface area contributed by atoms with E-state index in [1.807, 2.05) is 19.9 Å². The molecule has 3 N–H and O–H groups in total. The van der Waals surface area contributed by atoms with Gasteiger partial charge in [-0.15, -0.1) is 11.8 Å². The van der Waals surface area contributed by atoms with E-state index in [0.717, 1.165) is 23.0 Å². The predicted octanol–water partition coefficient (Wildman–Crippen LogP) is 3.28. The molecule has 26 heavy (non-hydrogen) atoms. The fraction of sp³-hybridized carbons (Fsp3) is 0.421. The molecule has 0 radical (unpaired) electrons. The number of aliphatic hydroxyl groups is 1. The number of furan rings is 1. The summed E-state index contributed by atoms with van der Waals surface area (Å²) in [7, 11) is 0. The molecule has 2 aromatic rings. The fourth-order valence-electron chi connectivity index (χ4n) is 2.25. The third-order valence-electron chi connectivity index (χ3n) is 3.64. The number of halogens is 1. The van der Waals surface area contributed by atoms with Crippen LogP contribution < -0.4 is 10.6 Å². The maximum atomic E-state index is 12.9. The standard InChI is InChI=1S/C19H26FN3O2S/c1-4-21-18(22-11-12-26-16-8-6-15(20)7-9-16)23-13-19(3,24)17-10-5-14(2)25-17/h5-10,24H,4,11-13H2,1-3H3,(H2,21,22,23). The van der Waals surface area contributed by atoms with Gasteiger partial charge in [0.05, 0.1) is 6.54 Å². The number of hydrogen-bond donors (Lipinski definition) is 3. The summed E-state index contributed by atoms with van der Waals surface area (Å²) >= 11 is 1.64. The van der Waals surface area contributed by atoms with Crippen LogP contribution in [0.3, 0.4) is 0 Å². The zero-order chi connectivity index (χ0) is 19.0. The predicted molar refractivity (Wildman–Crippen MR) is 104 cm³/mol. The summed E-state index contributed by atoms with van der Waals surface area (Å²) in [5.41, 5.74) is -1.17. The van der Waals surface area contributed by atoms with Gasteiger partial charge in [0.25, 0.3) is 0 Å². The molecule has 5 nitrogen and oxygen atoms in total. The van der Waals surface area contributed by atoms with E-state index in [1.165, 1.54) is 12.1 Å². The third kappa shape index (κ3) is 6.38. The Hall–Kier alpha value is -1.99. The van der Waals surface area contributed by atoms with Crippen LogP contribution in [0.2, 0.25) is 0 Å². The Labute approximate surface area is 158 Å². The average molecular weight is 380 g/mol. The molecule has 1 atom stereocenters. The lowest BCUT2D eigenvalue weighted by molar-refractivity contribution is 0.0428. The lowest BCUT2D eigenvalue weighted by Gasteiger charge is -2.19. The van der Waals surface area contributed by atoms with Crippen molar-refractivity contribution in [2.75, 3.05) is 25.4 Å². The molecule has 1 heterocycles. The summed E-state index contributed by atoms with van der Waals surface area (Å²) in [6.07, 6.45) is 0. The van der Waals surface area contributed by atoms with E-state index in [2.05, 4.69) is 15.6 Å². The maximum absolute atomic E-state index is 12.9. The summed E-state index contributed by atoms with van der Waals surface area (Å²) in [4.78, 5) is 5.47. The summed E-state index contributed by atoms with van der Waals surface area (Å²) in [5, 5.41) is 17.0. The van der Waals surface area contributed by atoms with E-state index in [4.69, 9.17) is 4.42 Å². The molecule has 0 bridgehead atoms. The summed E-state index contributed by atoms with van der Waals surface area (Å²) in [6, 6.07) is 10.0. The molecule has 1 unspecified atom stereocenters. The molecule has 7 heteroatoms. The van der Waals surface area contributed by atoms with Gasteiger partial charge in [-0.2, -0.15) is 0 Å². The van der Waals surface area contributed by atoms with E-state index < -0.39 is 5.60 Å². The second-order valence-electron chi connectivity index (χ2n) is 6.11. The summed E-state index contributed by atoms with van der Waals surface area (Å²) in [6.45, 7) is 7.10. The molecule has 0 saturated carbocycles. The smallest absolute Gasteiger partial charge is 0.191 e. The van der Waals surface area contributed by atoms with Crippen molar-refractivity contribution >= 4 is 17.7 Å². The lowest BCUT2D eigenvalue weighted by atomic mass is 10.0. The van der Waals surface area contributed by atoms with E-state index in [1.54, 1.807) is 36.9 Å². The van der Waals surface area contributed by atoms with Crippen LogP contribution in [0.4, 0.5) is 4.39 Å². The molecule has 0 saturated heterocycles. The Morgan fingerprint density at radius 1 is 1.23 bits per heavy atom. The topological polar surface area (TPSA) is 69.8 Å². The van der Waals surface area contributed by atoms with Gasteiger partial charge in [-0.25, -0.2) is 9.38 Å². The minimum absolute atomic E-state index is 0.181. The largest absolute Gasteiger partial charge is 0.463 e. The molecule has 0 amide bonds. The first kappa shape index (κ1) is 20.3. The first-order chi connectivity index (χ1) is 12.4. The van der Waals surface area contributed by atoms with E-state index in [9.17, 15) is 9.50 Å². The summed E-state index contributed by atoms with van der Waals surface area (Å²) in [5.74, 6) is 2.47. The van der Waals surface area contributed by atoms with Gasteiger partial charge in [-0.05, 0) is 57.2 Å². The van der Waals surface area contributed by atoms with Gasteiger partial charge in [0.1, 0.15) is 22.9 Å². The highest BCUT2D eigenvalue weighted by Gasteiger charge is 2.26. The molecular weight excluding hydrogens is 353 g/mol. The second kappa shape index (κ2) is 9.64. The van der Waals surface area contributed by atoms with Crippen LogP contribution in [-0.4, -0.2) is 36.5 Å². The number of nitrogens with one attached hydrogen (secondary N) is 2. The normalized spacial score (nSPS) is 14.1. The average Bonchev–Trinajstić information content (AvgIpc) is 3.05. The number of aliphatic imine (C=N–C) groups is 1. The van der Waals surface area contributed by atoms with Gasteiger partial charge in [-0.3, -0.25) is 0 Å². The molecule has 1 aromatic carbocycles. The Kier molecular flexibility index (Phi) is 7.53. The molecule has 0 fully saturated rings. The lowest BCUT2D eigenvalue weighted by Crippen LogP contribution is -2.39. The highest BCUT2D eigenvalue weighted by molar-refractivity contribution is 7.99. The van der Waals surface area contributed by atoms with Crippen LogP contribution >= 0.6 is 11.8 Å². The number of hydrogen-bond acceptors (Lipinski definition) is 4. The first-order valence-corrected chi connectivity index (χ1v) is 9.59. The molecule has 2 rings (SSSR count). The van der Waals surface area contributed by atoms with Gasteiger partial charge in [-0.1, -0.05) is 0 Å². The Bertz CT molecular complexity index is 714. The third-order valence-corrected chi connectivity index (χ3v) is 4.65. The molecule has 0 aliphatic rings. The van der Waals surface area contributed by atoms with Gasteiger partial charge >= 0.3 is 0 Å². The number of rotatable bonds is 8. The van der Waals surface area contributed by atoms with Crippen LogP contribution in [0.25, 0.3) is 0 Å². The van der Waals surface area contributed by atoms with Gasteiger partial charge in [0, 0.05) is 23.7 Å². The molecular formula is C19H26FN3O2S. The molecule has 142 valence electrons. The Morgan fingerprint density at radius 2 is 1.96 bits per heavy atom. The molecule has 0 aliphatic heterocycles. The highest BCUT2D eigenvalue weighted by Crippen LogP contribution is 2.23. The van der Waals surface area contributed by atoms with Crippen molar-refractivity contribution < 1.29 is 13.9 Å². The van der Waals surface area contributed by atoms with E-state index in [0.29, 0.717) is 18.3 Å². The monoisotopic (exact) mass is 379 g/mol. The first-order valence-electron chi connectivity index (χ1n) is 8.60. The highest BCUT2D eigenvalue weighted by atomic mass is 32.2. The van der Waals surface area contributed by atoms with Crippen molar-refractivity contribution in [2.45, 2.75) is 31.3 Å². The number of aryl methyl sites for hydroxylation is 1. The Morgan fingerprint density at radius 3 is 2.58 bits per heavy atom. The van der Waals surface area contributed by atoms with Crippen LogP contribution in [0.1, 0.15) is 25.4 Å². The molecule has 1 aromatic heterocycles. The van der Waals surface area contributed by atoms with Crippen molar-refractivity contribution in [3.05, 3.63) is 53.7 Å². The van der Waals surface area contributed by atoms with Crippen LogP contribution in [-0.2, 0) is 5.60 Å². The number of guanidine groups is 1. The van der Waals surface area contributed by atoms with E-state index >= 15 is 0 Å². The summed E-state index contributed by atoms with van der Waals surface area (Å²) < 4.78 is 18.4. The van der Waals surface area contributed by atoms with Crippen molar-refractivity contribution in [3.63, 3.8) is 0 Å². The van der Waals surface area contributed by atoms with Crippen LogP contribution in [0.5, 0.6) is 0 Å². The van der Waals surface area contributed by atoms with Crippen molar-refractivity contribution in [1.82, 2.24) is 10.6 Å². The SMILES string of the molecule is CCNC(=NCC(C)(O)c1ccc(C)o1)NCCSc1ccc(F)cc1. The second-order valence-corrected chi connectivity index (χ2v) is 7.28. The van der Waals surface area contributed by atoms with Crippen molar-refractivity contribution in [3.8, 4) is 0 Å². The van der Waals surface area contributed by atoms with Crippen LogP contribution in [0, 0.1) is 12.7 Å². The minimum atomic E-state index is -1.17. The van der Waals surface area contributed by atoms with Crippen LogP contribution in [0.15, 0.2) is 50.7 Å². The zero-order valence-electron chi connectivity index (χ0n) is 15.4. The van der Waals surface area contributed by atoms with Gasteiger partial charge in [0.15, 0.2) is 5.96 Å². The zero-order valence-corrected chi connectivity index (χ0v) is 16.2. The molecule has 0 aliphatic carbocycles. The van der Waals surface area contributed by atoms with E-state index in [-0.39, 0.29) is 12.4 Å². The number of nitrogens with zero attached hydrogens (tertiary/aromatic N) is 1. The molecule has 0 spiro atoms. The van der Waals surface area contributed by atoms with Crippen molar-refractivity contribution in [2.24, 2.45) is 4.99 Å². The van der Waals surface area contributed by atoms with Gasteiger partial charge in [0.2, 0.25) is 0 Å².